The summed E-state index contributed by atoms with van der Waals surface area (Å²) in [5, 5.41) is 3.01. The van der Waals surface area contributed by atoms with E-state index in [2.05, 4.69) is 10.3 Å². The molecule has 124 valence electrons. The minimum absolute atomic E-state index is 0.224. The van der Waals surface area contributed by atoms with E-state index in [9.17, 15) is 8.42 Å². The highest BCUT2D eigenvalue weighted by Gasteiger charge is 2.27. The Morgan fingerprint density at radius 3 is 2.68 bits per heavy atom. The average molecular weight is 345 g/mol. The maximum atomic E-state index is 12.5. The molecular weight excluding hydrogens is 320 g/mol. The smallest absolute Gasteiger partial charge is 0.252 e. The van der Waals surface area contributed by atoms with Crippen LogP contribution in [0.25, 0.3) is 0 Å². The van der Waals surface area contributed by atoms with Crippen molar-refractivity contribution in [3.63, 3.8) is 0 Å². The van der Waals surface area contributed by atoms with Crippen LogP contribution in [0.1, 0.15) is 38.0 Å². The molecule has 3 N–H and O–H groups in total. The van der Waals surface area contributed by atoms with Crippen molar-refractivity contribution in [2.24, 2.45) is 10.7 Å². The first-order chi connectivity index (χ1) is 10.4. The Labute approximate surface area is 136 Å². The van der Waals surface area contributed by atoms with Crippen molar-refractivity contribution in [1.29, 1.82) is 0 Å². The summed E-state index contributed by atoms with van der Waals surface area (Å²) in [6, 6.07) is 3.71. The maximum Gasteiger partial charge on any atom is 0.252 e. The molecule has 0 spiro atoms. The molecule has 0 radical (unpaired) electrons. The van der Waals surface area contributed by atoms with E-state index in [0.29, 0.717) is 29.8 Å². The van der Waals surface area contributed by atoms with E-state index in [0.717, 1.165) is 24.1 Å². The Kier molecular flexibility index (Phi) is 5.82. The lowest BCUT2D eigenvalue weighted by Gasteiger charge is -2.25. The predicted molar refractivity (Wildman–Crippen MR) is 90.5 cm³/mol. The van der Waals surface area contributed by atoms with Gasteiger partial charge in [-0.1, -0.05) is 6.42 Å². The first-order valence-corrected chi connectivity index (χ1v) is 9.80. The molecule has 6 nitrogen and oxygen atoms in total. The first-order valence-electron chi connectivity index (χ1n) is 7.55. The molecule has 1 aliphatic rings. The standard InChI is InChI=1S/C14H24N4O2S2/c1-11(2)17-14(15)16-10-12-6-7-13(21-12)22(19,20)18-8-4-3-5-9-18/h6-7,11H,3-5,8-10H2,1-2H3,(H3,15,16,17). The molecule has 0 amide bonds. The van der Waals surface area contributed by atoms with Crippen LogP contribution in [0.5, 0.6) is 0 Å². The lowest BCUT2D eigenvalue weighted by Crippen LogP contribution is -2.36. The largest absolute Gasteiger partial charge is 0.370 e. The highest BCUT2D eigenvalue weighted by molar-refractivity contribution is 7.91. The Morgan fingerprint density at radius 2 is 2.05 bits per heavy atom. The van der Waals surface area contributed by atoms with Gasteiger partial charge in [0.15, 0.2) is 5.96 Å². The molecule has 1 aromatic rings. The van der Waals surface area contributed by atoms with Gasteiger partial charge in [-0.2, -0.15) is 4.31 Å². The van der Waals surface area contributed by atoms with Gasteiger partial charge in [0.25, 0.3) is 10.0 Å². The second-order valence-electron chi connectivity index (χ2n) is 5.69. The molecule has 2 heterocycles. The third-order valence-electron chi connectivity index (χ3n) is 3.39. The lowest BCUT2D eigenvalue weighted by molar-refractivity contribution is 0.347. The number of nitrogens with one attached hydrogen (secondary N) is 1. The van der Waals surface area contributed by atoms with Crippen molar-refractivity contribution in [2.45, 2.75) is 49.9 Å². The molecule has 0 aliphatic carbocycles. The van der Waals surface area contributed by atoms with Gasteiger partial charge in [-0.15, -0.1) is 11.3 Å². The van der Waals surface area contributed by atoms with E-state index in [1.54, 1.807) is 10.4 Å². The van der Waals surface area contributed by atoms with E-state index in [1.807, 2.05) is 19.9 Å². The van der Waals surface area contributed by atoms with E-state index >= 15 is 0 Å². The van der Waals surface area contributed by atoms with Crippen LogP contribution in [0.2, 0.25) is 0 Å². The molecule has 1 fully saturated rings. The number of rotatable bonds is 5. The van der Waals surface area contributed by atoms with Crippen molar-refractivity contribution in [3.8, 4) is 0 Å². The van der Waals surface area contributed by atoms with Gasteiger partial charge in [-0.05, 0) is 38.8 Å². The number of sulfonamides is 1. The summed E-state index contributed by atoms with van der Waals surface area (Å²) in [6.45, 7) is 5.61. The van der Waals surface area contributed by atoms with E-state index in [4.69, 9.17) is 5.73 Å². The second kappa shape index (κ2) is 7.43. The Morgan fingerprint density at radius 1 is 1.36 bits per heavy atom. The molecule has 8 heteroatoms. The monoisotopic (exact) mass is 344 g/mol. The zero-order chi connectivity index (χ0) is 16.2. The number of hydrogen-bond donors (Lipinski definition) is 2. The Hall–Kier alpha value is -1.12. The fraction of sp³-hybridized carbons (Fsp3) is 0.643. The molecule has 0 unspecified atom stereocenters. The van der Waals surface area contributed by atoms with Crippen molar-refractivity contribution in [3.05, 3.63) is 17.0 Å². The van der Waals surface area contributed by atoms with Gasteiger partial charge in [0.05, 0.1) is 6.54 Å². The molecule has 1 aromatic heterocycles. The fourth-order valence-electron chi connectivity index (χ4n) is 2.32. The Balaban J connectivity index is 2.04. The quantitative estimate of drug-likeness (QED) is 0.629. The highest BCUT2D eigenvalue weighted by atomic mass is 32.2. The summed E-state index contributed by atoms with van der Waals surface area (Å²) in [5.74, 6) is 0.379. The number of guanidine groups is 1. The van der Waals surface area contributed by atoms with E-state index in [-0.39, 0.29) is 6.04 Å². The van der Waals surface area contributed by atoms with Crippen LogP contribution in [0.3, 0.4) is 0 Å². The van der Waals surface area contributed by atoms with E-state index in [1.165, 1.54) is 11.3 Å². The topological polar surface area (TPSA) is 87.8 Å². The Bertz CT molecular complexity index is 617. The SMILES string of the molecule is CC(C)NC(N)=NCc1ccc(S(=O)(=O)N2CCCCC2)s1. The molecular formula is C14H24N4O2S2. The van der Waals surface area contributed by atoms with Crippen LogP contribution in [0.15, 0.2) is 21.3 Å². The number of hydrogen-bond acceptors (Lipinski definition) is 4. The van der Waals surface area contributed by atoms with Crippen molar-refractivity contribution in [2.75, 3.05) is 13.1 Å². The van der Waals surface area contributed by atoms with Gasteiger partial charge in [-0.25, -0.2) is 13.4 Å². The van der Waals surface area contributed by atoms with Gasteiger partial charge in [0.1, 0.15) is 4.21 Å². The third kappa shape index (κ3) is 4.44. The number of nitrogens with two attached hydrogens (primary N) is 1. The normalized spacial score (nSPS) is 17.9. The number of nitrogens with zero attached hydrogens (tertiary/aromatic N) is 2. The van der Waals surface area contributed by atoms with Crippen molar-refractivity contribution >= 4 is 27.3 Å². The van der Waals surface area contributed by atoms with E-state index < -0.39 is 10.0 Å². The first kappa shape index (κ1) is 17.2. The van der Waals surface area contributed by atoms with Crippen LogP contribution < -0.4 is 11.1 Å². The van der Waals surface area contributed by atoms with Crippen LogP contribution >= 0.6 is 11.3 Å². The van der Waals surface area contributed by atoms with Crippen LogP contribution in [0.4, 0.5) is 0 Å². The molecule has 22 heavy (non-hydrogen) atoms. The van der Waals surface area contributed by atoms with Gasteiger partial charge in [0.2, 0.25) is 0 Å². The van der Waals surface area contributed by atoms with Gasteiger partial charge >= 0.3 is 0 Å². The summed E-state index contributed by atoms with van der Waals surface area (Å²) in [5.41, 5.74) is 5.75. The van der Waals surface area contributed by atoms with Crippen LogP contribution in [0, 0.1) is 0 Å². The molecule has 2 rings (SSSR count). The lowest BCUT2D eigenvalue weighted by atomic mass is 10.2. The maximum absolute atomic E-state index is 12.5. The zero-order valence-electron chi connectivity index (χ0n) is 13.1. The molecule has 1 aliphatic heterocycles. The average Bonchev–Trinajstić information content (AvgIpc) is 2.95. The van der Waals surface area contributed by atoms with Crippen LogP contribution in [-0.2, 0) is 16.6 Å². The van der Waals surface area contributed by atoms with Gasteiger partial charge in [0, 0.05) is 24.0 Å². The summed E-state index contributed by atoms with van der Waals surface area (Å²) >= 11 is 1.27. The molecule has 0 atom stereocenters. The minimum atomic E-state index is -3.34. The zero-order valence-corrected chi connectivity index (χ0v) is 14.7. The number of piperidine rings is 1. The molecule has 0 aromatic carbocycles. The van der Waals surface area contributed by atoms with Crippen molar-refractivity contribution in [1.82, 2.24) is 9.62 Å². The summed E-state index contributed by atoms with van der Waals surface area (Å²) in [7, 11) is -3.34. The summed E-state index contributed by atoms with van der Waals surface area (Å²) in [4.78, 5) is 5.12. The molecule has 0 saturated carbocycles. The molecule has 1 saturated heterocycles. The number of thiophene rings is 1. The van der Waals surface area contributed by atoms with Gasteiger partial charge in [-0.3, -0.25) is 0 Å². The second-order valence-corrected chi connectivity index (χ2v) is 9.02. The highest BCUT2D eigenvalue weighted by Crippen LogP contribution is 2.27. The van der Waals surface area contributed by atoms with Crippen LogP contribution in [-0.4, -0.2) is 37.8 Å². The summed E-state index contributed by atoms with van der Waals surface area (Å²) < 4.78 is 27.1. The predicted octanol–water partition coefficient (Wildman–Crippen LogP) is 1.74. The number of aliphatic imine (C=N–C) groups is 1. The summed E-state index contributed by atoms with van der Waals surface area (Å²) in [6.07, 6.45) is 3.00. The molecule has 0 bridgehead atoms. The minimum Gasteiger partial charge on any atom is -0.370 e. The fourth-order valence-corrected chi connectivity index (χ4v) is 5.27. The van der Waals surface area contributed by atoms with Gasteiger partial charge < -0.3 is 11.1 Å². The van der Waals surface area contributed by atoms with Crippen molar-refractivity contribution < 1.29 is 8.42 Å². The third-order valence-corrected chi connectivity index (χ3v) is 6.82.